The molecule has 0 aromatic carbocycles. The highest BCUT2D eigenvalue weighted by atomic mass is 16.2. The number of aryl methyl sites for hydroxylation is 3. The molecule has 0 N–H and O–H groups in total. The van der Waals surface area contributed by atoms with Crippen molar-refractivity contribution in [1.29, 1.82) is 0 Å². The summed E-state index contributed by atoms with van der Waals surface area (Å²) in [5.41, 5.74) is 1.68. The molecule has 0 saturated carbocycles. The molecule has 1 saturated heterocycles. The second kappa shape index (κ2) is 4.77. The number of carbonyl (C=O) groups excluding carboxylic acids is 1. The molecule has 0 spiro atoms. The Labute approximate surface area is 118 Å². The second-order valence-electron chi connectivity index (χ2n) is 5.49. The highest BCUT2D eigenvalue weighted by Crippen LogP contribution is 2.27. The maximum Gasteiger partial charge on any atom is 0.257 e. The van der Waals surface area contributed by atoms with Crippen molar-refractivity contribution < 1.29 is 4.79 Å². The largest absolute Gasteiger partial charge is 0.338 e. The van der Waals surface area contributed by atoms with Crippen molar-refractivity contribution in [3.8, 4) is 0 Å². The third-order valence-electron chi connectivity index (χ3n) is 3.83. The van der Waals surface area contributed by atoms with E-state index in [1.807, 2.05) is 32.1 Å². The van der Waals surface area contributed by atoms with E-state index in [2.05, 4.69) is 14.6 Å². The maximum atomic E-state index is 12.4. The standard InChI is InChI=1S/C14H19N5O/c1-10-7-17(2)13(16-10)11-4-5-19(9-11)14(20)12-6-15-18(3)8-12/h6-8,11H,4-5,9H2,1-3H3/t11-/m1/s1. The van der Waals surface area contributed by atoms with E-state index in [4.69, 9.17) is 0 Å². The van der Waals surface area contributed by atoms with Gasteiger partial charge in [-0.25, -0.2) is 4.98 Å². The molecule has 1 aliphatic rings. The van der Waals surface area contributed by atoms with E-state index in [0.29, 0.717) is 11.5 Å². The van der Waals surface area contributed by atoms with Crippen LogP contribution in [0.1, 0.15) is 34.2 Å². The van der Waals surface area contributed by atoms with Gasteiger partial charge in [-0.15, -0.1) is 0 Å². The van der Waals surface area contributed by atoms with Crippen molar-refractivity contribution in [2.24, 2.45) is 14.1 Å². The number of rotatable bonds is 2. The zero-order valence-corrected chi connectivity index (χ0v) is 12.1. The van der Waals surface area contributed by atoms with Gasteiger partial charge < -0.3 is 9.47 Å². The summed E-state index contributed by atoms with van der Waals surface area (Å²) in [4.78, 5) is 18.8. The SMILES string of the molecule is Cc1cn(C)c([C@@H]2CCN(C(=O)c3cnn(C)c3)C2)n1. The zero-order valence-electron chi connectivity index (χ0n) is 12.1. The van der Waals surface area contributed by atoms with Gasteiger partial charge in [-0.3, -0.25) is 9.48 Å². The van der Waals surface area contributed by atoms with Crippen molar-refractivity contribution in [2.45, 2.75) is 19.3 Å². The fourth-order valence-electron chi connectivity index (χ4n) is 2.88. The van der Waals surface area contributed by atoms with Gasteiger partial charge in [-0.2, -0.15) is 5.10 Å². The van der Waals surface area contributed by atoms with Crippen molar-refractivity contribution in [2.75, 3.05) is 13.1 Å². The van der Waals surface area contributed by atoms with Crippen molar-refractivity contribution in [3.63, 3.8) is 0 Å². The van der Waals surface area contributed by atoms with Gasteiger partial charge in [0.05, 0.1) is 17.5 Å². The number of amides is 1. The minimum absolute atomic E-state index is 0.0616. The van der Waals surface area contributed by atoms with Gasteiger partial charge >= 0.3 is 0 Å². The minimum atomic E-state index is 0.0616. The molecule has 6 nitrogen and oxygen atoms in total. The lowest BCUT2D eigenvalue weighted by Gasteiger charge is -2.15. The Kier molecular flexibility index (Phi) is 3.08. The summed E-state index contributed by atoms with van der Waals surface area (Å²) >= 11 is 0. The van der Waals surface area contributed by atoms with Crippen LogP contribution >= 0.6 is 0 Å². The monoisotopic (exact) mass is 273 g/mol. The number of hydrogen-bond acceptors (Lipinski definition) is 3. The van der Waals surface area contributed by atoms with Crippen LogP contribution in [-0.4, -0.2) is 43.2 Å². The highest BCUT2D eigenvalue weighted by molar-refractivity contribution is 5.93. The van der Waals surface area contributed by atoms with Crippen LogP contribution in [0, 0.1) is 6.92 Å². The summed E-state index contributed by atoms with van der Waals surface area (Å²) in [5.74, 6) is 1.46. The molecule has 3 rings (SSSR count). The van der Waals surface area contributed by atoms with Crippen LogP contribution in [0.15, 0.2) is 18.6 Å². The first-order chi connectivity index (χ1) is 9.54. The van der Waals surface area contributed by atoms with Crippen LogP contribution in [0.5, 0.6) is 0 Å². The Bertz CT molecular complexity index is 642. The van der Waals surface area contributed by atoms with Gasteiger partial charge in [0.15, 0.2) is 0 Å². The number of nitrogens with zero attached hydrogens (tertiary/aromatic N) is 5. The predicted octanol–water partition coefficient (Wildman–Crippen LogP) is 1.09. The first-order valence-electron chi connectivity index (χ1n) is 6.82. The number of imidazole rings is 1. The van der Waals surface area contributed by atoms with Crippen LogP contribution in [0.2, 0.25) is 0 Å². The Morgan fingerprint density at radius 1 is 1.35 bits per heavy atom. The number of likely N-dealkylation sites (tertiary alicyclic amines) is 1. The summed E-state index contributed by atoms with van der Waals surface area (Å²) in [6, 6.07) is 0. The molecule has 0 aliphatic carbocycles. The fourth-order valence-corrected chi connectivity index (χ4v) is 2.88. The molecule has 1 atom stereocenters. The summed E-state index contributed by atoms with van der Waals surface area (Å²) in [5, 5.41) is 4.06. The Balaban J connectivity index is 1.73. The van der Waals surface area contributed by atoms with E-state index >= 15 is 0 Å². The molecule has 1 fully saturated rings. The lowest BCUT2D eigenvalue weighted by molar-refractivity contribution is 0.0790. The lowest BCUT2D eigenvalue weighted by Crippen LogP contribution is -2.28. The van der Waals surface area contributed by atoms with Gasteiger partial charge in [0.1, 0.15) is 5.82 Å². The average molecular weight is 273 g/mol. The van der Waals surface area contributed by atoms with E-state index in [1.165, 1.54) is 0 Å². The van der Waals surface area contributed by atoms with Crippen molar-refractivity contribution in [3.05, 3.63) is 35.7 Å². The van der Waals surface area contributed by atoms with E-state index in [0.717, 1.165) is 31.0 Å². The summed E-state index contributed by atoms with van der Waals surface area (Å²) in [7, 11) is 3.83. The van der Waals surface area contributed by atoms with Gasteiger partial charge in [0.2, 0.25) is 0 Å². The van der Waals surface area contributed by atoms with E-state index in [-0.39, 0.29) is 5.91 Å². The third kappa shape index (κ3) is 2.21. The maximum absolute atomic E-state index is 12.4. The van der Waals surface area contributed by atoms with Crippen molar-refractivity contribution in [1.82, 2.24) is 24.2 Å². The smallest absolute Gasteiger partial charge is 0.257 e. The van der Waals surface area contributed by atoms with E-state index in [9.17, 15) is 4.79 Å². The number of aromatic nitrogens is 4. The molecule has 3 heterocycles. The molecule has 1 amide bonds. The summed E-state index contributed by atoms with van der Waals surface area (Å²) < 4.78 is 3.72. The number of hydrogen-bond donors (Lipinski definition) is 0. The van der Waals surface area contributed by atoms with Gasteiger partial charge in [-0.1, -0.05) is 0 Å². The number of carbonyl (C=O) groups is 1. The summed E-state index contributed by atoms with van der Waals surface area (Å²) in [6.45, 7) is 3.51. The molecule has 1 aliphatic heterocycles. The highest BCUT2D eigenvalue weighted by Gasteiger charge is 2.30. The molecule has 0 unspecified atom stereocenters. The van der Waals surface area contributed by atoms with Gasteiger partial charge in [0.25, 0.3) is 5.91 Å². The topological polar surface area (TPSA) is 56.0 Å². The quantitative estimate of drug-likeness (QED) is 0.823. The van der Waals surface area contributed by atoms with Crippen LogP contribution in [0.4, 0.5) is 0 Å². The fraction of sp³-hybridized carbons (Fsp3) is 0.500. The summed E-state index contributed by atoms with van der Waals surface area (Å²) in [6.07, 6.45) is 6.39. The molecule has 6 heteroatoms. The van der Waals surface area contributed by atoms with Crippen LogP contribution in [0.25, 0.3) is 0 Å². The van der Waals surface area contributed by atoms with E-state index < -0.39 is 0 Å². The molecule has 106 valence electrons. The van der Waals surface area contributed by atoms with Gasteiger partial charge in [0, 0.05) is 45.5 Å². The Hall–Kier alpha value is -2.11. The molecule has 0 radical (unpaired) electrons. The third-order valence-corrected chi connectivity index (χ3v) is 3.83. The van der Waals surface area contributed by atoms with Crippen LogP contribution < -0.4 is 0 Å². The lowest BCUT2D eigenvalue weighted by atomic mass is 10.1. The molecule has 2 aromatic rings. The van der Waals surface area contributed by atoms with Gasteiger partial charge in [-0.05, 0) is 13.3 Å². The first kappa shape index (κ1) is 12.9. The normalized spacial score (nSPS) is 18.8. The zero-order chi connectivity index (χ0) is 14.3. The second-order valence-corrected chi connectivity index (χ2v) is 5.49. The molecule has 20 heavy (non-hydrogen) atoms. The minimum Gasteiger partial charge on any atom is -0.338 e. The Morgan fingerprint density at radius 3 is 2.75 bits per heavy atom. The molecule has 0 bridgehead atoms. The molecular formula is C14H19N5O. The molecule has 2 aromatic heterocycles. The van der Waals surface area contributed by atoms with Crippen molar-refractivity contribution >= 4 is 5.91 Å². The molecular weight excluding hydrogens is 254 g/mol. The average Bonchev–Trinajstić information content (AvgIpc) is 3.08. The predicted molar refractivity (Wildman–Crippen MR) is 74.4 cm³/mol. The van der Waals surface area contributed by atoms with Crippen LogP contribution in [0.3, 0.4) is 0 Å². The Morgan fingerprint density at radius 2 is 2.15 bits per heavy atom. The van der Waals surface area contributed by atoms with E-state index in [1.54, 1.807) is 17.1 Å². The van der Waals surface area contributed by atoms with Crippen LogP contribution in [-0.2, 0) is 14.1 Å². The first-order valence-corrected chi connectivity index (χ1v) is 6.82.